The second-order valence-electron chi connectivity index (χ2n) is 8.62. The maximum atomic E-state index is 14.6. The summed E-state index contributed by atoms with van der Waals surface area (Å²) < 4.78 is 34.8. The molecule has 0 aliphatic rings. The van der Waals surface area contributed by atoms with Crippen molar-refractivity contribution in [1.29, 1.82) is 0 Å². The van der Waals surface area contributed by atoms with E-state index in [-0.39, 0.29) is 18.1 Å². The van der Waals surface area contributed by atoms with Crippen LogP contribution >= 0.6 is 0 Å². The molecule has 1 heterocycles. The van der Waals surface area contributed by atoms with E-state index in [0.29, 0.717) is 17.0 Å². The molecule has 1 unspecified atom stereocenters. The zero-order chi connectivity index (χ0) is 24.3. The summed E-state index contributed by atoms with van der Waals surface area (Å²) in [5.74, 6) is -1.04. The third-order valence-electron chi connectivity index (χ3n) is 5.83. The Bertz CT molecular complexity index is 1130. The molecule has 0 bridgehead atoms. The third kappa shape index (κ3) is 7.04. The van der Waals surface area contributed by atoms with Crippen molar-refractivity contribution in [2.75, 3.05) is 6.61 Å². The highest BCUT2D eigenvalue weighted by molar-refractivity contribution is 5.84. The van der Waals surface area contributed by atoms with Crippen LogP contribution in [0.1, 0.15) is 63.8 Å². The van der Waals surface area contributed by atoms with Gasteiger partial charge in [-0.1, -0.05) is 50.1 Å². The highest BCUT2D eigenvalue weighted by Crippen LogP contribution is 2.29. The maximum absolute atomic E-state index is 14.6. The lowest BCUT2D eigenvalue weighted by Crippen LogP contribution is -2.08. The minimum absolute atomic E-state index is 0.222. The van der Waals surface area contributed by atoms with Gasteiger partial charge in [-0.25, -0.2) is 18.7 Å². The molecule has 0 saturated heterocycles. The number of rotatable bonds is 13. The summed E-state index contributed by atoms with van der Waals surface area (Å²) in [4.78, 5) is 8.99. The fourth-order valence-corrected chi connectivity index (χ4v) is 3.85. The Morgan fingerprint density at radius 3 is 2.74 bits per heavy atom. The van der Waals surface area contributed by atoms with Crippen LogP contribution in [0.5, 0.6) is 0 Å². The van der Waals surface area contributed by atoms with Crippen molar-refractivity contribution in [3.8, 4) is 11.1 Å². The first-order valence-electron chi connectivity index (χ1n) is 12.2. The van der Waals surface area contributed by atoms with Gasteiger partial charge in [-0.3, -0.25) is 0 Å². The average Bonchev–Trinajstić information content (AvgIpc) is 2.84. The molecule has 0 fully saturated rings. The van der Waals surface area contributed by atoms with E-state index in [2.05, 4.69) is 36.5 Å². The van der Waals surface area contributed by atoms with Crippen molar-refractivity contribution in [3.05, 3.63) is 78.3 Å². The third-order valence-corrected chi connectivity index (χ3v) is 5.83. The number of hydrogen-bond acceptors (Lipinski definition) is 3. The molecular weight excluding hydrogens is 430 g/mol. The Morgan fingerprint density at radius 2 is 1.94 bits per heavy atom. The van der Waals surface area contributed by atoms with E-state index in [4.69, 9.17) is 4.74 Å². The monoisotopic (exact) mass is 464 g/mol. The molecule has 3 rings (SSSR count). The van der Waals surface area contributed by atoms with Crippen molar-refractivity contribution in [2.24, 2.45) is 0 Å². The molecule has 0 aliphatic heterocycles. The van der Waals surface area contributed by atoms with Gasteiger partial charge >= 0.3 is 0 Å². The second kappa shape index (κ2) is 13.1. The van der Waals surface area contributed by atoms with E-state index < -0.39 is 11.6 Å². The van der Waals surface area contributed by atoms with Crippen LogP contribution in [0.2, 0.25) is 0 Å². The zero-order valence-electron chi connectivity index (χ0n) is 20.2. The lowest BCUT2D eigenvalue weighted by Gasteiger charge is -2.11. The van der Waals surface area contributed by atoms with Crippen LogP contribution in [0.4, 0.5) is 8.78 Å². The van der Waals surface area contributed by atoms with Gasteiger partial charge in [-0.2, -0.15) is 0 Å². The van der Waals surface area contributed by atoms with Gasteiger partial charge < -0.3 is 4.74 Å². The Balaban J connectivity index is 1.59. The van der Waals surface area contributed by atoms with Crippen LogP contribution in [0.3, 0.4) is 0 Å². The van der Waals surface area contributed by atoms with Crippen molar-refractivity contribution in [2.45, 2.75) is 64.9 Å². The van der Waals surface area contributed by atoms with E-state index in [0.717, 1.165) is 43.2 Å². The lowest BCUT2D eigenvalue weighted by molar-refractivity contribution is 0.0566. The van der Waals surface area contributed by atoms with Crippen LogP contribution < -0.4 is 0 Å². The average molecular weight is 465 g/mol. The van der Waals surface area contributed by atoms with Crippen LogP contribution in [-0.2, 0) is 11.2 Å². The van der Waals surface area contributed by atoms with Gasteiger partial charge in [0, 0.05) is 23.8 Å². The number of halogens is 2. The molecule has 180 valence electrons. The molecule has 5 heteroatoms. The minimum Gasteiger partial charge on any atom is -0.379 e. The number of aromatic nitrogens is 2. The lowest BCUT2D eigenvalue weighted by atomic mass is 10.00. The molecule has 0 radical (unpaired) electrons. The standard InChI is InChI=1S/C29H34F2N2O/c1-4-6-10-18-34-21(3)12-8-7-9-13-27-32-20-24-19-23(15-17-26(24)33-27)25-16-14-22(11-5-2)28(30)29(25)31/h5,9,13-17,19-21H,2,4,6-8,10-12,18H2,1,3H3/b13-9+. The Kier molecular flexibility index (Phi) is 9.89. The van der Waals surface area contributed by atoms with Gasteiger partial charge in [0.1, 0.15) is 0 Å². The Morgan fingerprint density at radius 1 is 1.09 bits per heavy atom. The van der Waals surface area contributed by atoms with Crippen LogP contribution in [0, 0.1) is 11.6 Å². The summed E-state index contributed by atoms with van der Waals surface area (Å²) in [6, 6.07) is 8.57. The highest BCUT2D eigenvalue weighted by Gasteiger charge is 2.14. The SMILES string of the molecule is C=CCc1ccc(-c2ccc3nc(/C=C/CCCC(C)OCCCCC)ncc3c2)c(F)c1F. The number of unbranched alkanes of at least 4 members (excludes halogenated alkanes) is 3. The van der Waals surface area contributed by atoms with Crippen LogP contribution in [-0.4, -0.2) is 22.7 Å². The molecule has 0 aliphatic carbocycles. The normalized spacial score (nSPS) is 12.5. The number of allylic oxidation sites excluding steroid dienone is 2. The summed E-state index contributed by atoms with van der Waals surface area (Å²) >= 11 is 0. The topological polar surface area (TPSA) is 35.0 Å². The zero-order valence-corrected chi connectivity index (χ0v) is 20.2. The fraction of sp³-hybridized carbons (Fsp3) is 0.379. The second-order valence-corrected chi connectivity index (χ2v) is 8.62. The van der Waals surface area contributed by atoms with Gasteiger partial charge in [0.2, 0.25) is 0 Å². The van der Waals surface area contributed by atoms with Crippen molar-refractivity contribution in [3.63, 3.8) is 0 Å². The summed E-state index contributed by atoms with van der Waals surface area (Å²) in [7, 11) is 0. The molecular formula is C29H34F2N2O. The van der Waals surface area contributed by atoms with Crippen molar-refractivity contribution < 1.29 is 13.5 Å². The summed E-state index contributed by atoms with van der Waals surface area (Å²) in [5.41, 5.74) is 1.87. The first kappa shape index (κ1) is 25.7. The number of hydrogen-bond donors (Lipinski definition) is 0. The number of benzene rings is 2. The highest BCUT2D eigenvalue weighted by atomic mass is 19.2. The van der Waals surface area contributed by atoms with Crippen molar-refractivity contribution in [1.82, 2.24) is 9.97 Å². The van der Waals surface area contributed by atoms with Gasteiger partial charge in [0.05, 0.1) is 11.6 Å². The predicted octanol–water partition coefficient (Wildman–Crippen LogP) is 8.08. The Hall–Kier alpha value is -2.92. The molecule has 0 amide bonds. The summed E-state index contributed by atoms with van der Waals surface area (Å²) in [6.07, 6.45) is 14.5. The summed E-state index contributed by atoms with van der Waals surface area (Å²) in [5, 5.41) is 0.777. The molecule has 2 aromatic carbocycles. The Labute approximate surface area is 201 Å². The molecule has 3 nitrogen and oxygen atoms in total. The van der Waals surface area contributed by atoms with Crippen molar-refractivity contribution >= 4 is 17.0 Å². The van der Waals surface area contributed by atoms with E-state index >= 15 is 0 Å². The van der Waals surface area contributed by atoms with E-state index in [1.807, 2.05) is 12.1 Å². The summed E-state index contributed by atoms with van der Waals surface area (Å²) in [6.45, 7) is 8.76. The molecule has 1 aromatic heterocycles. The van der Waals surface area contributed by atoms with Gasteiger partial charge in [0.15, 0.2) is 17.5 Å². The minimum atomic E-state index is -0.847. The fourth-order valence-electron chi connectivity index (χ4n) is 3.85. The maximum Gasteiger partial charge on any atom is 0.166 e. The van der Waals surface area contributed by atoms with Gasteiger partial charge in [-0.15, -0.1) is 6.58 Å². The molecule has 34 heavy (non-hydrogen) atoms. The van der Waals surface area contributed by atoms with E-state index in [1.165, 1.54) is 12.8 Å². The number of nitrogens with zero attached hydrogens (tertiary/aromatic N) is 2. The van der Waals surface area contributed by atoms with Gasteiger partial charge in [0.25, 0.3) is 0 Å². The molecule has 0 N–H and O–H groups in total. The molecule has 0 spiro atoms. The smallest absolute Gasteiger partial charge is 0.166 e. The first-order chi connectivity index (χ1) is 16.5. The first-order valence-corrected chi connectivity index (χ1v) is 12.2. The predicted molar refractivity (Wildman–Crippen MR) is 137 cm³/mol. The quantitative estimate of drug-likeness (QED) is 0.189. The largest absolute Gasteiger partial charge is 0.379 e. The molecule has 1 atom stereocenters. The van der Waals surface area contributed by atoms with E-state index in [1.54, 1.807) is 36.5 Å². The van der Waals surface area contributed by atoms with Crippen LogP contribution in [0.15, 0.2) is 55.3 Å². The van der Waals surface area contributed by atoms with Crippen LogP contribution in [0.25, 0.3) is 28.1 Å². The van der Waals surface area contributed by atoms with Gasteiger partial charge in [-0.05, 0) is 68.4 Å². The number of ether oxygens (including phenoxy) is 1. The number of fused-ring (bicyclic) bond motifs is 1. The molecule has 3 aromatic rings. The van der Waals surface area contributed by atoms with E-state index in [9.17, 15) is 8.78 Å². The molecule has 0 saturated carbocycles.